The molecule has 19 heavy (non-hydrogen) atoms. The van der Waals surface area contributed by atoms with Crippen LogP contribution in [0.15, 0.2) is 30.5 Å². The van der Waals surface area contributed by atoms with Crippen LogP contribution in [0.2, 0.25) is 0 Å². The van der Waals surface area contributed by atoms with Crippen molar-refractivity contribution in [3.8, 4) is 0 Å². The molecule has 0 saturated heterocycles. The van der Waals surface area contributed by atoms with Crippen molar-refractivity contribution in [3.05, 3.63) is 41.6 Å². The number of carbonyl (C=O) groups excluding carboxylic acids is 1. The predicted molar refractivity (Wildman–Crippen MR) is 73.8 cm³/mol. The van der Waals surface area contributed by atoms with Crippen molar-refractivity contribution in [1.82, 2.24) is 15.4 Å². The van der Waals surface area contributed by atoms with E-state index in [-0.39, 0.29) is 5.91 Å². The van der Waals surface area contributed by atoms with E-state index in [0.29, 0.717) is 12.2 Å². The number of aryl methyl sites for hydroxylation is 1. The standard InChI is InChI=1S/C14H18N4O/c1-2-3-4-11-5-7-12(8-6-11)9-14(19)16-13-10-15-18-17-13/h5-8,10H,2-4,9H2,1H3,(H2,15,16,17,18,19). The van der Waals surface area contributed by atoms with Gasteiger partial charge in [-0.15, -0.1) is 5.10 Å². The molecule has 1 heterocycles. The Labute approximate surface area is 112 Å². The average Bonchev–Trinajstić information content (AvgIpc) is 2.90. The van der Waals surface area contributed by atoms with Gasteiger partial charge in [0, 0.05) is 0 Å². The van der Waals surface area contributed by atoms with Gasteiger partial charge in [-0.05, 0) is 24.0 Å². The van der Waals surface area contributed by atoms with Crippen molar-refractivity contribution < 1.29 is 4.79 Å². The molecule has 0 atom stereocenters. The maximum Gasteiger partial charge on any atom is 0.230 e. The lowest BCUT2D eigenvalue weighted by Crippen LogP contribution is -2.14. The topological polar surface area (TPSA) is 70.7 Å². The first-order valence-corrected chi connectivity index (χ1v) is 6.51. The molecular formula is C14H18N4O. The Bertz CT molecular complexity index is 505. The SMILES string of the molecule is CCCCc1ccc(CC(=O)Nc2cn[nH]n2)cc1. The van der Waals surface area contributed by atoms with E-state index in [1.165, 1.54) is 24.6 Å². The number of nitrogens with one attached hydrogen (secondary N) is 2. The van der Waals surface area contributed by atoms with Crippen LogP contribution < -0.4 is 5.32 Å². The summed E-state index contributed by atoms with van der Waals surface area (Å²) in [5.41, 5.74) is 2.32. The Balaban J connectivity index is 1.86. The highest BCUT2D eigenvalue weighted by Gasteiger charge is 2.05. The molecule has 2 rings (SSSR count). The highest BCUT2D eigenvalue weighted by atomic mass is 16.1. The van der Waals surface area contributed by atoms with E-state index < -0.39 is 0 Å². The van der Waals surface area contributed by atoms with Gasteiger partial charge in [0.25, 0.3) is 0 Å². The number of H-pyrrole nitrogens is 1. The number of hydrogen-bond donors (Lipinski definition) is 2. The summed E-state index contributed by atoms with van der Waals surface area (Å²) in [6.07, 6.45) is 5.32. The van der Waals surface area contributed by atoms with Gasteiger partial charge in [-0.2, -0.15) is 10.3 Å². The molecule has 0 aliphatic heterocycles. The molecule has 0 aliphatic rings. The maximum atomic E-state index is 11.7. The monoisotopic (exact) mass is 258 g/mol. The number of benzene rings is 1. The van der Waals surface area contributed by atoms with Gasteiger partial charge in [0.1, 0.15) is 0 Å². The maximum absolute atomic E-state index is 11.7. The summed E-state index contributed by atoms with van der Waals surface area (Å²) < 4.78 is 0. The molecular weight excluding hydrogens is 240 g/mol. The second-order valence-corrected chi connectivity index (χ2v) is 4.50. The number of unbranched alkanes of at least 4 members (excludes halogenated alkanes) is 1. The first-order chi connectivity index (χ1) is 9.28. The minimum atomic E-state index is -0.0878. The molecule has 2 N–H and O–H groups in total. The van der Waals surface area contributed by atoms with Gasteiger partial charge in [0.15, 0.2) is 5.82 Å². The molecule has 0 unspecified atom stereocenters. The van der Waals surface area contributed by atoms with Crippen molar-refractivity contribution in [2.24, 2.45) is 0 Å². The number of amides is 1. The molecule has 1 aromatic carbocycles. The molecule has 5 heteroatoms. The number of carbonyl (C=O) groups is 1. The molecule has 2 aromatic rings. The number of aromatic amines is 1. The van der Waals surface area contributed by atoms with Crippen molar-refractivity contribution in [2.75, 3.05) is 5.32 Å². The molecule has 1 amide bonds. The third-order valence-electron chi connectivity index (χ3n) is 2.89. The van der Waals surface area contributed by atoms with E-state index in [1.807, 2.05) is 12.1 Å². The van der Waals surface area contributed by atoms with Crippen molar-refractivity contribution in [1.29, 1.82) is 0 Å². The Morgan fingerprint density at radius 3 is 2.63 bits per heavy atom. The zero-order valence-corrected chi connectivity index (χ0v) is 11.0. The van der Waals surface area contributed by atoms with Crippen LogP contribution in [0.5, 0.6) is 0 Å². The fraction of sp³-hybridized carbons (Fsp3) is 0.357. The molecule has 0 spiro atoms. The lowest BCUT2D eigenvalue weighted by molar-refractivity contribution is -0.115. The summed E-state index contributed by atoms with van der Waals surface area (Å²) in [6, 6.07) is 8.20. The predicted octanol–water partition coefficient (Wildman–Crippen LogP) is 2.33. The third-order valence-corrected chi connectivity index (χ3v) is 2.89. The molecule has 0 radical (unpaired) electrons. The van der Waals surface area contributed by atoms with E-state index in [4.69, 9.17) is 0 Å². The van der Waals surface area contributed by atoms with Gasteiger partial charge < -0.3 is 5.32 Å². The summed E-state index contributed by atoms with van der Waals surface area (Å²) in [4.78, 5) is 11.7. The second kappa shape index (κ2) is 6.68. The molecule has 0 bridgehead atoms. The van der Waals surface area contributed by atoms with Crippen LogP contribution >= 0.6 is 0 Å². The summed E-state index contributed by atoms with van der Waals surface area (Å²) in [6.45, 7) is 2.18. The first-order valence-electron chi connectivity index (χ1n) is 6.51. The van der Waals surface area contributed by atoms with Crippen LogP contribution in [-0.2, 0) is 17.6 Å². The summed E-state index contributed by atoms with van der Waals surface area (Å²) in [7, 11) is 0. The van der Waals surface area contributed by atoms with Crippen LogP contribution in [0, 0.1) is 0 Å². The molecule has 5 nitrogen and oxygen atoms in total. The fourth-order valence-electron chi connectivity index (χ4n) is 1.84. The van der Waals surface area contributed by atoms with E-state index in [9.17, 15) is 4.79 Å². The number of hydrogen-bond acceptors (Lipinski definition) is 3. The zero-order valence-electron chi connectivity index (χ0n) is 11.0. The van der Waals surface area contributed by atoms with Gasteiger partial charge in [0.05, 0.1) is 12.6 Å². The van der Waals surface area contributed by atoms with Gasteiger partial charge in [-0.1, -0.05) is 37.6 Å². The van der Waals surface area contributed by atoms with Gasteiger partial charge in [-0.3, -0.25) is 4.79 Å². The quantitative estimate of drug-likeness (QED) is 0.835. The number of nitrogens with zero attached hydrogens (tertiary/aromatic N) is 2. The Morgan fingerprint density at radius 2 is 2.00 bits per heavy atom. The third kappa shape index (κ3) is 4.21. The Hall–Kier alpha value is -2.17. The van der Waals surface area contributed by atoms with Gasteiger partial charge in [-0.25, -0.2) is 0 Å². The van der Waals surface area contributed by atoms with Crippen molar-refractivity contribution in [3.63, 3.8) is 0 Å². The zero-order chi connectivity index (χ0) is 13.5. The fourth-order valence-corrected chi connectivity index (χ4v) is 1.84. The molecule has 0 aliphatic carbocycles. The summed E-state index contributed by atoms with van der Waals surface area (Å²) in [5, 5.41) is 12.5. The highest BCUT2D eigenvalue weighted by Crippen LogP contribution is 2.09. The summed E-state index contributed by atoms with van der Waals surface area (Å²) in [5.74, 6) is 0.361. The van der Waals surface area contributed by atoms with Crippen LogP contribution in [0.25, 0.3) is 0 Å². The molecule has 0 fully saturated rings. The molecule has 0 saturated carbocycles. The lowest BCUT2D eigenvalue weighted by atomic mass is 10.0. The molecule has 1 aromatic heterocycles. The van der Waals surface area contributed by atoms with Crippen LogP contribution in [-0.4, -0.2) is 21.3 Å². The van der Waals surface area contributed by atoms with Crippen LogP contribution in [0.3, 0.4) is 0 Å². The number of anilines is 1. The van der Waals surface area contributed by atoms with Crippen molar-refractivity contribution >= 4 is 11.7 Å². The van der Waals surface area contributed by atoms with E-state index in [1.54, 1.807) is 0 Å². The first kappa shape index (κ1) is 13.3. The van der Waals surface area contributed by atoms with Crippen LogP contribution in [0.4, 0.5) is 5.82 Å². The lowest BCUT2D eigenvalue weighted by Gasteiger charge is -2.04. The highest BCUT2D eigenvalue weighted by molar-refractivity contribution is 5.91. The Kier molecular flexibility index (Phi) is 4.66. The van der Waals surface area contributed by atoms with Crippen LogP contribution in [0.1, 0.15) is 30.9 Å². The minimum absolute atomic E-state index is 0.0878. The van der Waals surface area contributed by atoms with E-state index >= 15 is 0 Å². The van der Waals surface area contributed by atoms with E-state index in [0.717, 1.165) is 12.0 Å². The second-order valence-electron chi connectivity index (χ2n) is 4.50. The number of rotatable bonds is 6. The average molecular weight is 258 g/mol. The van der Waals surface area contributed by atoms with Gasteiger partial charge in [0.2, 0.25) is 5.91 Å². The normalized spacial score (nSPS) is 10.4. The Morgan fingerprint density at radius 1 is 1.26 bits per heavy atom. The minimum Gasteiger partial charge on any atom is -0.308 e. The van der Waals surface area contributed by atoms with Gasteiger partial charge >= 0.3 is 0 Å². The number of aromatic nitrogens is 3. The largest absolute Gasteiger partial charge is 0.308 e. The smallest absolute Gasteiger partial charge is 0.230 e. The van der Waals surface area contributed by atoms with Crippen molar-refractivity contribution in [2.45, 2.75) is 32.6 Å². The summed E-state index contributed by atoms with van der Waals surface area (Å²) >= 11 is 0. The molecule has 100 valence electrons. The van der Waals surface area contributed by atoms with E-state index in [2.05, 4.69) is 39.8 Å².